The molecule has 1 rings (SSSR count). The highest BCUT2D eigenvalue weighted by atomic mass is 19.1. The SMILES string of the molecule is COc1ccc(F)c(NC/C(C)=C/C(=O)O)c1. The summed E-state index contributed by atoms with van der Waals surface area (Å²) < 4.78 is 18.3. The fourth-order valence-electron chi connectivity index (χ4n) is 1.26. The number of hydrogen-bond acceptors (Lipinski definition) is 3. The van der Waals surface area contributed by atoms with Crippen molar-refractivity contribution in [1.82, 2.24) is 0 Å². The van der Waals surface area contributed by atoms with E-state index in [0.29, 0.717) is 11.3 Å². The lowest BCUT2D eigenvalue weighted by molar-refractivity contribution is -0.131. The van der Waals surface area contributed by atoms with Gasteiger partial charge in [0.05, 0.1) is 12.8 Å². The zero-order chi connectivity index (χ0) is 12.8. The second-order valence-electron chi connectivity index (χ2n) is 3.53. The number of carboxylic acids is 1. The molecule has 17 heavy (non-hydrogen) atoms. The van der Waals surface area contributed by atoms with Gasteiger partial charge in [-0.2, -0.15) is 0 Å². The molecule has 4 nitrogen and oxygen atoms in total. The van der Waals surface area contributed by atoms with Crippen LogP contribution >= 0.6 is 0 Å². The molecule has 0 aliphatic carbocycles. The van der Waals surface area contributed by atoms with Gasteiger partial charge in [0.25, 0.3) is 0 Å². The first-order chi connectivity index (χ1) is 8.02. The predicted molar refractivity (Wildman–Crippen MR) is 62.8 cm³/mol. The molecule has 0 aliphatic heterocycles. The molecule has 0 atom stereocenters. The third-order valence-electron chi connectivity index (χ3n) is 2.10. The summed E-state index contributed by atoms with van der Waals surface area (Å²) in [6, 6.07) is 4.32. The van der Waals surface area contributed by atoms with Crippen LogP contribution in [0.5, 0.6) is 5.75 Å². The van der Waals surface area contributed by atoms with Crippen molar-refractivity contribution >= 4 is 11.7 Å². The second kappa shape index (κ2) is 5.89. The summed E-state index contributed by atoms with van der Waals surface area (Å²) in [6.45, 7) is 1.91. The molecule has 0 amide bonds. The molecule has 0 bridgehead atoms. The van der Waals surface area contributed by atoms with E-state index in [9.17, 15) is 9.18 Å². The van der Waals surface area contributed by atoms with E-state index in [1.54, 1.807) is 6.92 Å². The van der Waals surface area contributed by atoms with Gasteiger partial charge in [-0.15, -0.1) is 0 Å². The Balaban J connectivity index is 2.72. The minimum atomic E-state index is -1.02. The van der Waals surface area contributed by atoms with Gasteiger partial charge >= 0.3 is 5.97 Å². The van der Waals surface area contributed by atoms with Crippen molar-refractivity contribution in [2.75, 3.05) is 19.0 Å². The Morgan fingerprint density at radius 3 is 2.88 bits per heavy atom. The quantitative estimate of drug-likeness (QED) is 0.774. The Hall–Kier alpha value is -2.04. The number of halogens is 1. The number of rotatable bonds is 5. The minimum Gasteiger partial charge on any atom is -0.497 e. The Morgan fingerprint density at radius 1 is 1.59 bits per heavy atom. The Kier molecular flexibility index (Phi) is 4.51. The highest BCUT2D eigenvalue weighted by Gasteiger charge is 2.03. The maximum Gasteiger partial charge on any atom is 0.328 e. The third kappa shape index (κ3) is 4.14. The average Bonchev–Trinajstić information content (AvgIpc) is 2.27. The second-order valence-corrected chi connectivity index (χ2v) is 3.53. The fourth-order valence-corrected chi connectivity index (χ4v) is 1.26. The summed E-state index contributed by atoms with van der Waals surface area (Å²) in [5, 5.41) is 11.3. The highest BCUT2D eigenvalue weighted by molar-refractivity contribution is 5.80. The van der Waals surface area contributed by atoms with Crippen LogP contribution in [-0.4, -0.2) is 24.7 Å². The van der Waals surface area contributed by atoms with Crippen LogP contribution in [0.25, 0.3) is 0 Å². The molecule has 0 heterocycles. The summed E-state index contributed by atoms with van der Waals surface area (Å²) in [7, 11) is 1.49. The van der Waals surface area contributed by atoms with Gasteiger partial charge in [0, 0.05) is 18.7 Å². The number of nitrogens with one attached hydrogen (secondary N) is 1. The Morgan fingerprint density at radius 2 is 2.29 bits per heavy atom. The van der Waals surface area contributed by atoms with Gasteiger partial charge in [0.1, 0.15) is 11.6 Å². The highest BCUT2D eigenvalue weighted by Crippen LogP contribution is 2.21. The van der Waals surface area contributed by atoms with Gasteiger partial charge in [0.15, 0.2) is 0 Å². The molecule has 1 aromatic carbocycles. The van der Waals surface area contributed by atoms with Crippen molar-refractivity contribution in [1.29, 1.82) is 0 Å². The molecule has 0 spiro atoms. The lowest BCUT2D eigenvalue weighted by atomic mass is 10.2. The molecule has 0 saturated heterocycles. The van der Waals surface area contributed by atoms with Crippen molar-refractivity contribution in [2.45, 2.75) is 6.92 Å². The average molecular weight is 239 g/mol. The number of anilines is 1. The Labute approximate surface area is 98.7 Å². The molecule has 0 radical (unpaired) electrons. The van der Waals surface area contributed by atoms with Gasteiger partial charge in [0.2, 0.25) is 0 Å². The summed E-state index contributed by atoms with van der Waals surface area (Å²) >= 11 is 0. The van der Waals surface area contributed by atoms with Crippen LogP contribution in [-0.2, 0) is 4.79 Å². The van der Waals surface area contributed by atoms with E-state index < -0.39 is 11.8 Å². The van der Waals surface area contributed by atoms with Crippen LogP contribution in [0.3, 0.4) is 0 Å². The first-order valence-corrected chi connectivity index (χ1v) is 5.00. The van der Waals surface area contributed by atoms with Crippen molar-refractivity contribution in [3.8, 4) is 5.75 Å². The number of aliphatic carboxylic acids is 1. The fraction of sp³-hybridized carbons (Fsp3) is 0.250. The van der Waals surface area contributed by atoms with E-state index in [2.05, 4.69) is 5.32 Å². The topological polar surface area (TPSA) is 58.6 Å². The summed E-state index contributed by atoms with van der Waals surface area (Å²) in [6.07, 6.45) is 1.07. The molecule has 0 aromatic heterocycles. The van der Waals surface area contributed by atoms with Crippen LogP contribution in [0.1, 0.15) is 6.92 Å². The first kappa shape index (κ1) is 13.0. The zero-order valence-corrected chi connectivity index (χ0v) is 9.66. The van der Waals surface area contributed by atoms with Crippen LogP contribution in [0.15, 0.2) is 29.8 Å². The number of carboxylic acid groups (broad SMARTS) is 1. The molecule has 0 fully saturated rings. The molecule has 0 aliphatic rings. The van der Waals surface area contributed by atoms with E-state index in [1.807, 2.05) is 0 Å². The van der Waals surface area contributed by atoms with E-state index >= 15 is 0 Å². The lowest BCUT2D eigenvalue weighted by Gasteiger charge is -2.09. The van der Waals surface area contributed by atoms with E-state index in [0.717, 1.165) is 6.08 Å². The number of hydrogen-bond donors (Lipinski definition) is 2. The molecule has 2 N–H and O–H groups in total. The maximum atomic E-state index is 13.4. The van der Waals surface area contributed by atoms with E-state index in [4.69, 9.17) is 9.84 Å². The van der Waals surface area contributed by atoms with Crippen LogP contribution < -0.4 is 10.1 Å². The maximum absolute atomic E-state index is 13.4. The number of benzene rings is 1. The molecule has 0 saturated carbocycles. The predicted octanol–water partition coefficient (Wildman–Crippen LogP) is 2.28. The summed E-state index contributed by atoms with van der Waals surface area (Å²) in [4.78, 5) is 10.4. The summed E-state index contributed by atoms with van der Waals surface area (Å²) in [5.74, 6) is -0.891. The van der Waals surface area contributed by atoms with Crippen molar-refractivity contribution in [2.24, 2.45) is 0 Å². The van der Waals surface area contributed by atoms with Gasteiger partial charge in [-0.1, -0.05) is 0 Å². The van der Waals surface area contributed by atoms with E-state index in [-0.39, 0.29) is 12.2 Å². The smallest absolute Gasteiger partial charge is 0.328 e. The normalized spacial score (nSPS) is 11.1. The summed E-state index contributed by atoms with van der Waals surface area (Å²) in [5.41, 5.74) is 0.877. The number of carbonyl (C=O) groups is 1. The standard InChI is InChI=1S/C12H14FNO3/c1-8(5-12(15)16)7-14-11-6-9(17-2)3-4-10(11)13/h3-6,14H,7H2,1-2H3,(H,15,16)/b8-5+. The molecule has 5 heteroatoms. The molecule has 1 aromatic rings. The van der Waals surface area contributed by atoms with Gasteiger partial charge in [-0.05, 0) is 24.6 Å². The van der Waals surface area contributed by atoms with Gasteiger partial charge in [-0.3, -0.25) is 0 Å². The lowest BCUT2D eigenvalue weighted by Crippen LogP contribution is -2.06. The molecule has 92 valence electrons. The minimum absolute atomic E-state index is 0.260. The van der Waals surface area contributed by atoms with Crippen molar-refractivity contribution in [3.05, 3.63) is 35.7 Å². The first-order valence-electron chi connectivity index (χ1n) is 5.00. The van der Waals surface area contributed by atoms with Crippen molar-refractivity contribution in [3.63, 3.8) is 0 Å². The number of methoxy groups -OCH3 is 1. The molecule has 0 unspecified atom stereocenters. The molecular weight excluding hydrogens is 225 g/mol. The monoisotopic (exact) mass is 239 g/mol. The van der Waals surface area contributed by atoms with Crippen LogP contribution in [0.2, 0.25) is 0 Å². The zero-order valence-electron chi connectivity index (χ0n) is 9.66. The number of ether oxygens (including phenoxy) is 1. The van der Waals surface area contributed by atoms with Gasteiger partial charge < -0.3 is 15.2 Å². The van der Waals surface area contributed by atoms with Crippen LogP contribution in [0.4, 0.5) is 10.1 Å². The Bertz CT molecular complexity index is 443. The van der Waals surface area contributed by atoms with E-state index in [1.165, 1.54) is 25.3 Å². The van der Waals surface area contributed by atoms with Crippen molar-refractivity contribution < 1.29 is 19.0 Å². The third-order valence-corrected chi connectivity index (χ3v) is 2.10. The van der Waals surface area contributed by atoms with Gasteiger partial charge in [-0.25, -0.2) is 9.18 Å². The largest absolute Gasteiger partial charge is 0.497 e. The molecular formula is C12H14FNO3. The van der Waals surface area contributed by atoms with Crippen LogP contribution in [0, 0.1) is 5.82 Å².